The van der Waals surface area contributed by atoms with Crippen molar-refractivity contribution in [3.63, 3.8) is 0 Å². The maximum absolute atomic E-state index is 13.8. The zero-order valence-corrected chi connectivity index (χ0v) is 21.9. The van der Waals surface area contributed by atoms with Crippen LogP contribution in [0.3, 0.4) is 0 Å². The van der Waals surface area contributed by atoms with Crippen molar-refractivity contribution in [2.45, 2.75) is 38.4 Å². The minimum atomic E-state index is -1.58. The van der Waals surface area contributed by atoms with E-state index in [1.165, 1.54) is 37.3 Å². The summed E-state index contributed by atoms with van der Waals surface area (Å²) in [6.45, 7) is 1.12. The van der Waals surface area contributed by atoms with Gasteiger partial charge in [-0.25, -0.2) is 37.9 Å². The number of hydrogen-bond donors (Lipinski definition) is 0. The molecule has 4 amide bonds. The predicted molar refractivity (Wildman–Crippen MR) is 144 cm³/mol. The fourth-order valence-corrected chi connectivity index (χ4v) is 4.93. The molecule has 2 atom stereocenters. The number of aromatic nitrogens is 3. The van der Waals surface area contributed by atoms with E-state index in [1.54, 1.807) is 36.4 Å². The van der Waals surface area contributed by atoms with Gasteiger partial charge in [0.15, 0.2) is 0 Å². The Morgan fingerprint density at radius 2 is 1.10 bits per heavy atom. The van der Waals surface area contributed by atoms with Crippen molar-refractivity contribution in [1.82, 2.24) is 13.7 Å². The number of benzene rings is 2. The van der Waals surface area contributed by atoms with Crippen molar-refractivity contribution < 1.29 is 19.2 Å². The van der Waals surface area contributed by atoms with Crippen LogP contribution in [0.5, 0.6) is 0 Å². The summed E-state index contributed by atoms with van der Waals surface area (Å²) in [5.74, 6) is -3.02. The van der Waals surface area contributed by atoms with Gasteiger partial charge >= 0.3 is 17.1 Å². The Hall–Kier alpha value is -4.84. The highest BCUT2D eigenvalue weighted by Gasteiger charge is 2.46. The van der Waals surface area contributed by atoms with Crippen molar-refractivity contribution in [3.05, 3.63) is 103 Å². The summed E-state index contributed by atoms with van der Waals surface area (Å²) in [4.78, 5) is 95.1. The van der Waals surface area contributed by atoms with Crippen molar-refractivity contribution in [1.29, 1.82) is 0 Å². The van der Waals surface area contributed by atoms with Crippen LogP contribution in [0.4, 0.5) is 11.4 Å². The van der Waals surface area contributed by atoms with E-state index in [0.29, 0.717) is 13.7 Å². The van der Waals surface area contributed by atoms with Gasteiger partial charge in [0.05, 0.1) is 30.8 Å². The number of halogens is 1. The number of allylic oxidation sites excluding steroid dienone is 2. The summed E-state index contributed by atoms with van der Waals surface area (Å²) in [6, 6.07) is 12.8. The van der Waals surface area contributed by atoms with Gasteiger partial charge in [-0.2, -0.15) is 0 Å². The van der Waals surface area contributed by atoms with Gasteiger partial charge in [0, 0.05) is 5.03 Å². The molecule has 12 nitrogen and oxygen atoms in total. The lowest BCUT2D eigenvalue weighted by atomic mass is 10.2. The predicted octanol–water partition coefficient (Wildman–Crippen LogP) is 1.32. The molecule has 2 aliphatic heterocycles. The zero-order chi connectivity index (χ0) is 28.7. The number of imide groups is 2. The van der Waals surface area contributed by atoms with Gasteiger partial charge in [-0.15, -0.1) is 0 Å². The number of carbonyl (C=O) groups is 4. The van der Waals surface area contributed by atoms with E-state index in [-0.39, 0.29) is 23.0 Å². The van der Waals surface area contributed by atoms with Gasteiger partial charge in [0.2, 0.25) is 11.8 Å². The molecule has 204 valence electrons. The second-order valence-electron chi connectivity index (χ2n) is 9.23. The normalized spacial score (nSPS) is 19.7. The van der Waals surface area contributed by atoms with Crippen LogP contribution in [0.25, 0.3) is 0 Å². The van der Waals surface area contributed by atoms with Crippen LogP contribution in [0.15, 0.2) is 86.2 Å². The SMILES string of the molecule is CC(Cl)=CCn1c(=O)n(C2CC(=O)N(c3ccccc3)C2=O)c(=O)n(C2CC(=O)N(c3ccccc3)C2=O)c1=O. The summed E-state index contributed by atoms with van der Waals surface area (Å²) in [5.41, 5.74) is -3.09. The monoisotopic (exact) mass is 563 g/mol. The molecule has 2 aliphatic rings. The molecule has 0 radical (unpaired) electrons. The molecular formula is C27H22ClN5O7. The highest BCUT2D eigenvalue weighted by molar-refractivity contribution is 6.29. The molecule has 2 saturated heterocycles. The molecule has 0 N–H and O–H groups in total. The first-order valence-electron chi connectivity index (χ1n) is 12.3. The van der Waals surface area contributed by atoms with Gasteiger partial charge in [0.25, 0.3) is 11.8 Å². The standard InChI is InChI=1S/C27H22ClN5O7/c1-16(28)12-13-29-25(38)32(19-14-21(34)30(23(19)36)17-8-4-2-5-9-17)27(40)33(26(29)39)20-15-22(35)31(24(20)37)18-10-6-3-7-11-18/h2-12,19-20H,13-15H2,1H3. The number of rotatable bonds is 6. The zero-order valence-electron chi connectivity index (χ0n) is 21.1. The van der Waals surface area contributed by atoms with Gasteiger partial charge in [0.1, 0.15) is 12.1 Å². The van der Waals surface area contributed by atoms with E-state index in [4.69, 9.17) is 11.6 Å². The van der Waals surface area contributed by atoms with E-state index in [1.807, 2.05) is 0 Å². The Morgan fingerprint density at radius 1 is 0.700 bits per heavy atom. The number of nitrogens with zero attached hydrogens (tertiary/aromatic N) is 5. The quantitative estimate of drug-likeness (QED) is 0.412. The molecule has 0 bridgehead atoms. The molecule has 40 heavy (non-hydrogen) atoms. The summed E-state index contributed by atoms with van der Waals surface area (Å²) in [7, 11) is 0. The lowest BCUT2D eigenvalue weighted by molar-refractivity contribution is -0.123. The van der Waals surface area contributed by atoms with Crippen molar-refractivity contribution in [2.24, 2.45) is 0 Å². The van der Waals surface area contributed by atoms with E-state index in [9.17, 15) is 33.6 Å². The molecule has 1 aromatic heterocycles. The fourth-order valence-electron chi connectivity index (χ4n) is 4.86. The number of amides is 4. The van der Waals surface area contributed by atoms with Crippen molar-refractivity contribution >= 4 is 46.6 Å². The fraction of sp³-hybridized carbons (Fsp3) is 0.222. The summed E-state index contributed by atoms with van der Waals surface area (Å²) >= 11 is 5.91. The lowest BCUT2D eigenvalue weighted by Crippen LogP contribution is -2.57. The maximum Gasteiger partial charge on any atom is 0.337 e. The molecule has 2 unspecified atom stereocenters. The maximum atomic E-state index is 13.8. The molecule has 5 rings (SSSR count). The molecule has 0 aliphatic carbocycles. The third-order valence-corrected chi connectivity index (χ3v) is 6.89. The highest BCUT2D eigenvalue weighted by Crippen LogP contribution is 2.30. The van der Waals surface area contributed by atoms with Gasteiger partial charge in [-0.3, -0.25) is 19.2 Å². The second kappa shape index (κ2) is 10.4. The van der Waals surface area contributed by atoms with Gasteiger partial charge in [-0.1, -0.05) is 54.1 Å². The minimum absolute atomic E-state index is 0.236. The van der Waals surface area contributed by atoms with Crippen LogP contribution < -0.4 is 26.9 Å². The average molecular weight is 564 g/mol. The third-order valence-electron chi connectivity index (χ3n) is 6.74. The van der Waals surface area contributed by atoms with E-state index < -0.39 is 65.6 Å². The minimum Gasteiger partial charge on any atom is -0.274 e. The third kappa shape index (κ3) is 4.41. The Labute approximate surface area is 230 Å². The van der Waals surface area contributed by atoms with E-state index >= 15 is 0 Å². The number of hydrogen-bond acceptors (Lipinski definition) is 7. The molecule has 0 saturated carbocycles. The van der Waals surface area contributed by atoms with Crippen LogP contribution in [0, 0.1) is 0 Å². The van der Waals surface area contributed by atoms with Crippen LogP contribution in [-0.4, -0.2) is 37.3 Å². The van der Waals surface area contributed by atoms with Crippen LogP contribution >= 0.6 is 11.6 Å². The number of para-hydroxylation sites is 2. The van der Waals surface area contributed by atoms with Crippen LogP contribution in [0.2, 0.25) is 0 Å². The number of carbonyl (C=O) groups excluding carboxylic acids is 4. The Morgan fingerprint density at radius 3 is 1.48 bits per heavy atom. The Kier molecular flexibility index (Phi) is 6.94. The number of anilines is 2. The molecule has 3 heterocycles. The van der Waals surface area contributed by atoms with Crippen LogP contribution in [-0.2, 0) is 25.7 Å². The first-order chi connectivity index (χ1) is 19.1. The first kappa shape index (κ1) is 26.8. The summed E-state index contributed by atoms with van der Waals surface area (Å²) in [6.07, 6.45) is 0.275. The highest BCUT2D eigenvalue weighted by atomic mass is 35.5. The van der Waals surface area contributed by atoms with E-state index in [2.05, 4.69) is 0 Å². The molecule has 0 spiro atoms. The van der Waals surface area contributed by atoms with Crippen molar-refractivity contribution in [2.75, 3.05) is 9.80 Å². The molecular weight excluding hydrogens is 542 g/mol. The molecule has 2 fully saturated rings. The summed E-state index contributed by atoms with van der Waals surface area (Å²) < 4.78 is 1.65. The smallest absolute Gasteiger partial charge is 0.274 e. The Balaban J connectivity index is 1.67. The average Bonchev–Trinajstić information content (AvgIpc) is 3.38. The van der Waals surface area contributed by atoms with E-state index in [0.717, 1.165) is 9.80 Å². The van der Waals surface area contributed by atoms with Gasteiger partial charge in [-0.05, 0) is 31.2 Å². The lowest BCUT2D eigenvalue weighted by Gasteiger charge is -2.20. The summed E-state index contributed by atoms with van der Waals surface area (Å²) in [5, 5.41) is 0.236. The first-order valence-corrected chi connectivity index (χ1v) is 12.6. The van der Waals surface area contributed by atoms with Crippen molar-refractivity contribution in [3.8, 4) is 0 Å². The van der Waals surface area contributed by atoms with Gasteiger partial charge < -0.3 is 0 Å². The topological polar surface area (TPSA) is 141 Å². The van der Waals surface area contributed by atoms with Crippen LogP contribution in [0.1, 0.15) is 31.8 Å². The second-order valence-corrected chi connectivity index (χ2v) is 9.83. The largest absolute Gasteiger partial charge is 0.337 e. The molecule has 3 aromatic rings. The molecule has 2 aromatic carbocycles. The molecule has 13 heteroatoms. The Bertz CT molecular complexity index is 1640.